The molecule has 4 nitrogen and oxygen atoms in total. The smallest absolute Gasteiger partial charge is 0.127 e. The molecule has 0 saturated heterocycles. The Morgan fingerprint density at radius 1 is 1.20 bits per heavy atom. The van der Waals surface area contributed by atoms with Gasteiger partial charge in [-0.3, -0.25) is 0 Å². The van der Waals surface area contributed by atoms with E-state index in [-0.39, 0.29) is 6.04 Å². The van der Waals surface area contributed by atoms with Crippen molar-refractivity contribution in [2.75, 3.05) is 14.2 Å². The Morgan fingerprint density at radius 2 is 1.80 bits per heavy atom. The Kier molecular flexibility index (Phi) is 4.62. The SMILES string of the molecule is COc1cccc(OC)c1C(N)Cc1nc(C)c(C)s1. The number of nitrogens with zero attached hydrogens (tertiary/aromatic N) is 1. The van der Waals surface area contributed by atoms with Crippen LogP contribution in [-0.2, 0) is 6.42 Å². The van der Waals surface area contributed by atoms with Crippen LogP contribution in [0.2, 0.25) is 0 Å². The van der Waals surface area contributed by atoms with Gasteiger partial charge in [0.25, 0.3) is 0 Å². The fourth-order valence-electron chi connectivity index (χ4n) is 2.16. The second-order valence-electron chi connectivity index (χ2n) is 4.64. The summed E-state index contributed by atoms with van der Waals surface area (Å²) in [6, 6.07) is 5.49. The molecule has 1 atom stereocenters. The number of nitrogens with two attached hydrogens (primary N) is 1. The lowest BCUT2D eigenvalue weighted by Gasteiger charge is -2.18. The summed E-state index contributed by atoms with van der Waals surface area (Å²) in [5.74, 6) is 1.50. The molecule has 0 bridgehead atoms. The number of benzene rings is 1. The highest BCUT2D eigenvalue weighted by molar-refractivity contribution is 7.11. The molecule has 108 valence electrons. The van der Waals surface area contributed by atoms with Gasteiger partial charge < -0.3 is 15.2 Å². The third-order valence-electron chi connectivity index (χ3n) is 3.30. The van der Waals surface area contributed by atoms with Crippen molar-refractivity contribution in [3.8, 4) is 11.5 Å². The molecule has 2 N–H and O–H groups in total. The van der Waals surface area contributed by atoms with E-state index in [1.54, 1.807) is 25.6 Å². The van der Waals surface area contributed by atoms with Gasteiger partial charge in [0.15, 0.2) is 0 Å². The van der Waals surface area contributed by atoms with E-state index in [9.17, 15) is 0 Å². The van der Waals surface area contributed by atoms with E-state index in [4.69, 9.17) is 15.2 Å². The molecule has 1 heterocycles. The highest BCUT2D eigenvalue weighted by Crippen LogP contribution is 2.35. The summed E-state index contributed by atoms with van der Waals surface area (Å²) < 4.78 is 10.8. The topological polar surface area (TPSA) is 57.4 Å². The number of hydrogen-bond donors (Lipinski definition) is 1. The normalized spacial score (nSPS) is 12.2. The van der Waals surface area contributed by atoms with Gasteiger partial charge in [0.1, 0.15) is 11.5 Å². The lowest BCUT2D eigenvalue weighted by molar-refractivity contribution is 0.379. The molecule has 0 amide bonds. The molecule has 2 rings (SSSR count). The molecule has 0 spiro atoms. The number of methoxy groups -OCH3 is 2. The van der Waals surface area contributed by atoms with Crippen LogP contribution in [0.1, 0.15) is 27.2 Å². The second kappa shape index (κ2) is 6.24. The first-order valence-corrected chi connectivity index (χ1v) is 7.27. The average molecular weight is 292 g/mol. The summed E-state index contributed by atoms with van der Waals surface area (Å²) in [6.07, 6.45) is 0.677. The Bertz CT molecular complexity index is 554. The van der Waals surface area contributed by atoms with Gasteiger partial charge in [-0.1, -0.05) is 6.07 Å². The summed E-state index contributed by atoms with van der Waals surface area (Å²) in [6.45, 7) is 4.09. The molecule has 1 aromatic heterocycles. The Labute approximate surface area is 123 Å². The zero-order valence-corrected chi connectivity index (χ0v) is 13.1. The second-order valence-corrected chi connectivity index (χ2v) is 5.92. The number of ether oxygens (including phenoxy) is 2. The number of hydrogen-bond acceptors (Lipinski definition) is 5. The Morgan fingerprint density at radius 3 is 2.25 bits per heavy atom. The van der Waals surface area contributed by atoms with Gasteiger partial charge in [-0.25, -0.2) is 4.98 Å². The zero-order chi connectivity index (χ0) is 14.7. The number of aromatic nitrogens is 1. The molecule has 1 unspecified atom stereocenters. The van der Waals surface area contributed by atoms with Crippen molar-refractivity contribution >= 4 is 11.3 Å². The molecule has 0 aliphatic rings. The maximum atomic E-state index is 6.35. The van der Waals surface area contributed by atoms with Crippen molar-refractivity contribution in [2.45, 2.75) is 26.3 Å². The van der Waals surface area contributed by atoms with Crippen LogP contribution in [-0.4, -0.2) is 19.2 Å². The first-order valence-electron chi connectivity index (χ1n) is 6.46. The van der Waals surface area contributed by atoms with Crippen LogP contribution in [0.4, 0.5) is 0 Å². The fourth-order valence-corrected chi connectivity index (χ4v) is 3.15. The van der Waals surface area contributed by atoms with Crippen LogP contribution in [0.3, 0.4) is 0 Å². The molecule has 0 radical (unpaired) electrons. The van der Waals surface area contributed by atoms with E-state index in [0.717, 1.165) is 27.8 Å². The van der Waals surface area contributed by atoms with Crippen molar-refractivity contribution in [2.24, 2.45) is 5.73 Å². The molecule has 0 aliphatic carbocycles. The Balaban J connectivity index is 2.30. The molecule has 0 aliphatic heterocycles. The minimum absolute atomic E-state index is 0.203. The molecule has 1 aromatic carbocycles. The van der Waals surface area contributed by atoms with Gasteiger partial charge in [0.2, 0.25) is 0 Å². The summed E-state index contributed by atoms with van der Waals surface area (Å²) in [5, 5.41) is 1.04. The average Bonchev–Trinajstić information content (AvgIpc) is 2.75. The predicted molar refractivity (Wildman–Crippen MR) is 81.8 cm³/mol. The van der Waals surface area contributed by atoms with E-state index >= 15 is 0 Å². The van der Waals surface area contributed by atoms with Crippen LogP contribution in [0.5, 0.6) is 11.5 Å². The molecular weight excluding hydrogens is 272 g/mol. The molecule has 0 fully saturated rings. The third-order valence-corrected chi connectivity index (χ3v) is 4.40. The van der Waals surface area contributed by atoms with E-state index < -0.39 is 0 Å². The van der Waals surface area contributed by atoms with Gasteiger partial charge in [-0.05, 0) is 26.0 Å². The highest BCUT2D eigenvalue weighted by atomic mass is 32.1. The minimum atomic E-state index is -0.203. The molecule has 0 saturated carbocycles. The van der Waals surface area contributed by atoms with Crippen LogP contribution in [0.15, 0.2) is 18.2 Å². The summed E-state index contributed by atoms with van der Waals surface area (Å²) in [4.78, 5) is 5.78. The van der Waals surface area contributed by atoms with E-state index in [1.807, 2.05) is 25.1 Å². The van der Waals surface area contributed by atoms with Crippen LogP contribution in [0, 0.1) is 13.8 Å². The van der Waals surface area contributed by atoms with Gasteiger partial charge in [-0.2, -0.15) is 0 Å². The maximum absolute atomic E-state index is 6.35. The third kappa shape index (κ3) is 2.94. The zero-order valence-electron chi connectivity index (χ0n) is 12.3. The minimum Gasteiger partial charge on any atom is -0.496 e. The van der Waals surface area contributed by atoms with Crippen LogP contribution < -0.4 is 15.2 Å². The lowest BCUT2D eigenvalue weighted by Crippen LogP contribution is -2.15. The largest absolute Gasteiger partial charge is 0.496 e. The van der Waals surface area contributed by atoms with Gasteiger partial charge in [0, 0.05) is 17.3 Å². The number of thiazole rings is 1. The van der Waals surface area contributed by atoms with E-state index in [0.29, 0.717) is 6.42 Å². The van der Waals surface area contributed by atoms with Crippen molar-refractivity contribution in [3.63, 3.8) is 0 Å². The molecular formula is C15H20N2O2S. The first kappa shape index (κ1) is 14.8. The first-order chi connectivity index (χ1) is 9.56. The summed E-state index contributed by atoms with van der Waals surface area (Å²) in [5.41, 5.74) is 8.31. The van der Waals surface area contributed by atoms with Crippen molar-refractivity contribution in [1.82, 2.24) is 4.98 Å². The predicted octanol–water partition coefficient (Wildman–Crippen LogP) is 3.02. The Hall–Kier alpha value is -1.59. The van der Waals surface area contributed by atoms with Gasteiger partial charge in [-0.15, -0.1) is 11.3 Å². The van der Waals surface area contributed by atoms with Crippen molar-refractivity contribution < 1.29 is 9.47 Å². The van der Waals surface area contributed by atoms with Gasteiger partial charge in [0.05, 0.1) is 30.5 Å². The van der Waals surface area contributed by atoms with Crippen molar-refractivity contribution in [1.29, 1.82) is 0 Å². The van der Waals surface area contributed by atoms with E-state index in [2.05, 4.69) is 11.9 Å². The molecule has 20 heavy (non-hydrogen) atoms. The van der Waals surface area contributed by atoms with Crippen LogP contribution >= 0.6 is 11.3 Å². The molecule has 2 aromatic rings. The lowest BCUT2D eigenvalue weighted by atomic mass is 10.0. The number of aryl methyl sites for hydroxylation is 2. The standard InChI is InChI=1S/C15H20N2O2S/c1-9-10(2)20-14(17-9)8-11(16)15-12(18-3)6-5-7-13(15)19-4/h5-7,11H,8,16H2,1-4H3. The van der Waals surface area contributed by atoms with Gasteiger partial charge >= 0.3 is 0 Å². The van der Waals surface area contributed by atoms with Crippen molar-refractivity contribution in [3.05, 3.63) is 39.3 Å². The maximum Gasteiger partial charge on any atom is 0.127 e. The quantitative estimate of drug-likeness (QED) is 0.920. The molecule has 5 heteroatoms. The summed E-state index contributed by atoms with van der Waals surface area (Å²) >= 11 is 1.69. The monoisotopic (exact) mass is 292 g/mol. The highest BCUT2D eigenvalue weighted by Gasteiger charge is 2.19. The summed E-state index contributed by atoms with van der Waals surface area (Å²) in [7, 11) is 3.28. The van der Waals surface area contributed by atoms with E-state index in [1.165, 1.54) is 4.88 Å². The number of rotatable bonds is 5. The van der Waals surface area contributed by atoms with Crippen LogP contribution in [0.25, 0.3) is 0 Å². The fraction of sp³-hybridized carbons (Fsp3) is 0.400.